The van der Waals surface area contributed by atoms with Gasteiger partial charge in [-0.15, -0.1) is 11.8 Å². The van der Waals surface area contributed by atoms with Crippen molar-refractivity contribution in [3.05, 3.63) is 78.1 Å². The first-order chi connectivity index (χ1) is 16.7. The Morgan fingerprint density at radius 2 is 1.77 bits per heavy atom. The average Bonchev–Trinajstić information content (AvgIpc) is 2.83. The first kappa shape index (κ1) is 26.7. The Bertz CT molecular complexity index is 1260. The Hall–Kier alpha value is -2.88. The van der Waals surface area contributed by atoms with Crippen LogP contribution in [-0.4, -0.2) is 49.2 Å². The van der Waals surface area contributed by atoms with E-state index in [0.29, 0.717) is 42.1 Å². The SMILES string of the molecule is CCCN(CCSc1ccc(OCC(=O)O)c(C)c1)S(=O)(=O)c1ccc(-c2ccccc2F)cc1. The molecule has 6 nitrogen and oxygen atoms in total. The lowest BCUT2D eigenvalue weighted by atomic mass is 10.1. The molecular weight excluding hydrogens is 489 g/mol. The van der Waals surface area contributed by atoms with Crippen molar-refractivity contribution in [2.75, 3.05) is 25.4 Å². The summed E-state index contributed by atoms with van der Waals surface area (Å²) in [4.78, 5) is 11.8. The third-order valence-electron chi connectivity index (χ3n) is 5.26. The van der Waals surface area contributed by atoms with E-state index in [1.54, 1.807) is 36.4 Å². The summed E-state index contributed by atoms with van der Waals surface area (Å²) in [6.45, 7) is 4.07. The summed E-state index contributed by atoms with van der Waals surface area (Å²) in [6.07, 6.45) is 0.673. The number of sulfonamides is 1. The van der Waals surface area contributed by atoms with Crippen LogP contribution in [0.15, 0.2) is 76.5 Å². The second-order valence-electron chi connectivity index (χ2n) is 7.87. The molecule has 0 unspecified atom stereocenters. The van der Waals surface area contributed by atoms with Gasteiger partial charge in [0.15, 0.2) is 6.61 Å². The van der Waals surface area contributed by atoms with Crippen LogP contribution in [0.2, 0.25) is 0 Å². The maximum Gasteiger partial charge on any atom is 0.341 e. The molecule has 3 rings (SSSR count). The van der Waals surface area contributed by atoms with Crippen molar-refractivity contribution >= 4 is 27.8 Å². The predicted octanol–water partition coefficient (Wildman–Crippen LogP) is 5.46. The van der Waals surface area contributed by atoms with Crippen LogP contribution in [0.1, 0.15) is 18.9 Å². The quantitative estimate of drug-likeness (QED) is 0.321. The van der Waals surface area contributed by atoms with Gasteiger partial charge in [-0.05, 0) is 60.9 Å². The van der Waals surface area contributed by atoms with Crippen LogP contribution < -0.4 is 4.74 Å². The molecule has 3 aromatic carbocycles. The summed E-state index contributed by atoms with van der Waals surface area (Å²) < 4.78 is 47.4. The molecule has 186 valence electrons. The fourth-order valence-corrected chi connectivity index (χ4v) is 6.15. The fourth-order valence-electron chi connectivity index (χ4n) is 3.53. The Balaban J connectivity index is 1.67. The van der Waals surface area contributed by atoms with E-state index in [2.05, 4.69) is 0 Å². The van der Waals surface area contributed by atoms with E-state index < -0.39 is 22.6 Å². The minimum Gasteiger partial charge on any atom is -0.482 e. The zero-order valence-electron chi connectivity index (χ0n) is 19.6. The molecule has 0 saturated carbocycles. The van der Waals surface area contributed by atoms with Crippen molar-refractivity contribution in [3.8, 4) is 16.9 Å². The molecule has 0 aromatic heterocycles. The number of aliphatic carboxylic acids is 1. The van der Waals surface area contributed by atoms with Gasteiger partial charge in [-0.1, -0.05) is 37.3 Å². The van der Waals surface area contributed by atoms with Crippen molar-refractivity contribution < 1.29 is 27.4 Å². The van der Waals surface area contributed by atoms with Gasteiger partial charge in [-0.2, -0.15) is 4.31 Å². The van der Waals surface area contributed by atoms with Crippen molar-refractivity contribution in [2.45, 2.75) is 30.1 Å². The monoisotopic (exact) mass is 517 g/mol. The summed E-state index contributed by atoms with van der Waals surface area (Å²) in [5.41, 5.74) is 1.85. The van der Waals surface area contributed by atoms with Gasteiger partial charge in [-0.3, -0.25) is 0 Å². The second kappa shape index (κ2) is 12.2. The van der Waals surface area contributed by atoms with Gasteiger partial charge in [-0.25, -0.2) is 17.6 Å². The molecular formula is C26H28FNO5S2. The number of thioether (sulfide) groups is 1. The summed E-state index contributed by atoms with van der Waals surface area (Å²) in [5, 5.41) is 8.76. The highest BCUT2D eigenvalue weighted by atomic mass is 32.2. The smallest absolute Gasteiger partial charge is 0.341 e. The lowest BCUT2D eigenvalue weighted by Crippen LogP contribution is -2.33. The zero-order valence-corrected chi connectivity index (χ0v) is 21.2. The van der Waals surface area contributed by atoms with Gasteiger partial charge >= 0.3 is 5.97 Å². The Morgan fingerprint density at radius 1 is 1.06 bits per heavy atom. The van der Waals surface area contributed by atoms with Gasteiger partial charge in [0.2, 0.25) is 10.0 Å². The largest absolute Gasteiger partial charge is 0.482 e. The van der Waals surface area contributed by atoms with Crippen LogP contribution in [-0.2, 0) is 14.8 Å². The first-order valence-electron chi connectivity index (χ1n) is 11.2. The number of aryl methyl sites for hydroxylation is 1. The summed E-state index contributed by atoms with van der Waals surface area (Å²) in [6, 6.07) is 18.1. The summed E-state index contributed by atoms with van der Waals surface area (Å²) in [5.74, 6) is -0.349. The van der Waals surface area contributed by atoms with Crippen molar-refractivity contribution in [1.82, 2.24) is 4.31 Å². The molecule has 1 N–H and O–H groups in total. The molecule has 0 bridgehead atoms. The van der Waals surface area contributed by atoms with Crippen LogP contribution in [0.4, 0.5) is 4.39 Å². The number of benzene rings is 3. The summed E-state index contributed by atoms with van der Waals surface area (Å²) in [7, 11) is -3.71. The molecule has 0 spiro atoms. The average molecular weight is 518 g/mol. The van der Waals surface area contributed by atoms with Crippen LogP contribution in [0.25, 0.3) is 11.1 Å². The van der Waals surface area contributed by atoms with Crippen molar-refractivity contribution in [3.63, 3.8) is 0 Å². The summed E-state index contributed by atoms with van der Waals surface area (Å²) >= 11 is 1.51. The molecule has 0 fully saturated rings. The molecule has 0 amide bonds. The Morgan fingerprint density at radius 3 is 2.40 bits per heavy atom. The zero-order chi connectivity index (χ0) is 25.4. The number of ether oxygens (including phenoxy) is 1. The van der Waals surface area contributed by atoms with Crippen molar-refractivity contribution in [2.24, 2.45) is 0 Å². The Kier molecular flexibility index (Phi) is 9.31. The van der Waals surface area contributed by atoms with E-state index >= 15 is 0 Å². The van der Waals surface area contributed by atoms with Crippen LogP contribution >= 0.6 is 11.8 Å². The fraction of sp³-hybridized carbons (Fsp3) is 0.269. The lowest BCUT2D eigenvalue weighted by molar-refractivity contribution is -0.139. The lowest BCUT2D eigenvalue weighted by Gasteiger charge is -2.22. The minimum absolute atomic E-state index is 0.173. The number of carboxylic acids is 1. The third kappa shape index (κ3) is 7.06. The van der Waals surface area contributed by atoms with Gasteiger partial charge in [0.1, 0.15) is 11.6 Å². The molecule has 3 aromatic rings. The number of carbonyl (C=O) groups is 1. The van der Waals surface area contributed by atoms with E-state index in [-0.39, 0.29) is 10.7 Å². The Labute approximate surface area is 209 Å². The standard InChI is InChI=1S/C26H28FNO5S2/c1-3-14-28(15-16-34-21-10-13-25(19(2)17-21)33-18-26(29)30)35(31,32)22-11-8-20(9-12-22)23-6-4-5-7-24(23)27/h4-13,17H,3,14-16,18H2,1-2H3,(H,29,30). The van der Waals surface area contributed by atoms with E-state index in [1.807, 2.05) is 26.0 Å². The van der Waals surface area contributed by atoms with Crippen LogP contribution in [0.3, 0.4) is 0 Å². The molecule has 0 atom stereocenters. The number of halogens is 1. The molecule has 9 heteroatoms. The van der Waals surface area contributed by atoms with E-state index in [0.717, 1.165) is 10.5 Å². The highest BCUT2D eigenvalue weighted by molar-refractivity contribution is 7.99. The highest BCUT2D eigenvalue weighted by Gasteiger charge is 2.23. The molecule has 0 aliphatic carbocycles. The third-order valence-corrected chi connectivity index (χ3v) is 8.14. The van der Waals surface area contributed by atoms with Crippen LogP contribution in [0.5, 0.6) is 5.75 Å². The topological polar surface area (TPSA) is 83.9 Å². The van der Waals surface area contributed by atoms with Gasteiger partial charge in [0, 0.05) is 29.3 Å². The number of nitrogens with zero attached hydrogens (tertiary/aromatic N) is 1. The van der Waals surface area contributed by atoms with E-state index in [1.165, 1.54) is 34.3 Å². The second-order valence-corrected chi connectivity index (χ2v) is 11.0. The number of carboxylic acid groups (broad SMARTS) is 1. The van der Waals surface area contributed by atoms with Gasteiger partial charge in [0.05, 0.1) is 4.90 Å². The predicted molar refractivity (Wildman–Crippen MR) is 136 cm³/mol. The number of hydrogen-bond acceptors (Lipinski definition) is 5. The van der Waals surface area contributed by atoms with Gasteiger partial charge < -0.3 is 9.84 Å². The maximum absolute atomic E-state index is 14.1. The molecule has 0 aliphatic rings. The molecule has 0 saturated heterocycles. The highest BCUT2D eigenvalue weighted by Crippen LogP contribution is 2.28. The minimum atomic E-state index is -3.71. The van der Waals surface area contributed by atoms with Crippen molar-refractivity contribution in [1.29, 1.82) is 0 Å². The number of hydrogen-bond donors (Lipinski definition) is 1. The maximum atomic E-state index is 14.1. The van der Waals surface area contributed by atoms with E-state index in [9.17, 15) is 17.6 Å². The van der Waals surface area contributed by atoms with E-state index in [4.69, 9.17) is 9.84 Å². The molecule has 0 heterocycles. The van der Waals surface area contributed by atoms with Gasteiger partial charge in [0.25, 0.3) is 0 Å². The normalized spacial score (nSPS) is 11.5. The molecule has 0 radical (unpaired) electrons. The molecule has 35 heavy (non-hydrogen) atoms. The number of rotatable bonds is 12. The van der Waals surface area contributed by atoms with Crippen LogP contribution in [0, 0.1) is 12.7 Å². The molecule has 0 aliphatic heterocycles. The first-order valence-corrected chi connectivity index (χ1v) is 13.6.